The third-order valence-corrected chi connectivity index (χ3v) is 3.29. The minimum Gasteiger partial charge on any atom is -0.352 e. The van der Waals surface area contributed by atoms with Gasteiger partial charge in [-0.25, -0.2) is 0 Å². The van der Waals surface area contributed by atoms with Gasteiger partial charge in [-0.1, -0.05) is 6.07 Å². The van der Waals surface area contributed by atoms with E-state index in [1.54, 1.807) is 19.1 Å². The lowest BCUT2D eigenvalue weighted by molar-refractivity contribution is -0.385. The second-order valence-electron chi connectivity index (χ2n) is 5.09. The van der Waals surface area contributed by atoms with Gasteiger partial charge in [-0.3, -0.25) is 19.6 Å². The lowest BCUT2D eigenvalue weighted by Crippen LogP contribution is -2.25. The molecule has 0 spiro atoms. The highest BCUT2D eigenvalue weighted by molar-refractivity contribution is 5.94. The van der Waals surface area contributed by atoms with Crippen molar-refractivity contribution in [1.29, 1.82) is 0 Å². The van der Waals surface area contributed by atoms with Crippen molar-refractivity contribution < 1.29 is 9.72 Å². The molecular formula is C15H18N4O3. The summed E-state index contributed by atoms with van der Waals surface area (Å²) >= 11 is 0. The Morgan fingerprint density at radius 2 is 2.14 bits per heavy atom. The van der Waals surface area contributed by atoms with E-state index in [2.05, 4.69) is 10.4 Å². The molecule has 0 saturated heterocycles. The fraction of sp³-hybridized carbons (Fsp3) is 0.333. The first-order chi connectivity index (χ1) is 10.5. The van der Waals surface area contributed by atoms with E-state index >= 15 is 0 Å². The molecular weight excluding hydrogens is 284 g/mol. The van der Waals surface area contributed by atoms with Crippen LogP contribution in [0.1, 0.15) is 28.0 Å². The number of nitrogens with one attached hydrogen (secondary N) is 1. The van der Waals surface area contributed by atoms with E-state index in [0.717, 1.165) is 12.1 Å². The van der Waals surface area contributed by atoms with Crippen LogP contribution in [0.4, 0.5) is 5.69 Å². The minimum absolute atomic E-state index is 0.0420. The third kappa shape index (κ3) is 3.91. The normalized spacial score (nSPS) is 10.5. The Bertz CT molecular complexity index is 694. The van der Waals surface area contributed by atoms with Crippen molar-refractivity contribution in [3.05, 3.63) is 57.4 Å². The molecule has 2 rings (SSSR count). The number of aryl methyl sites for hydroxylation is 3. The van der Waals surface area contributed by atoms with Gasteiger partial charge in [0.25, 0.3) is 11.6 Å². The van der Waals surface area contributed by atoms with Gasteiger partial charge >= 0.3 is 0 Å². The Labute approximate surface area is 128 Å². The van der Waals surface area contributed by atoms with E-state index in [1.165, 1.54) is 6.07 Å². The number of carbonyl (C=O) groups is 1. The topological polar surface area (TPSA) is 90.1 Å². The van der Waals surface area contributed by atoms with Crippen molar-refractivity contribution in [3.63, 3.8) is 0 Å². The maximum atomic E-state index is 12.0. The fourth-order valence-corrected chi connectivity index (χ4v) is 2.08. The minimum atomic E-state index is -0.480. The first kappa shape index (κ1) is 15.7. The zero-order valence-corrected chi connectivity index (χ0v) is 12.6. The Hall–Kier alpha value is -2.70. The van der Waals surface area contributed by atoms with Crippen molar-refractivity contribution in [2.75, 3.05) is 6.54 Å². The molecule has 2 aromatic rings. The number of carbonyl (C=O) groups excluding carboxylic acids is 1. The number of nitro groups is 1. The number of nitro benzene ring substituents is 1. The summed E-state index contributed by atoms with van der Waals surface area (Å²) in [6.07, 6.45) is 2.63. The smallest absolute Gasteiger partial charge is 0.273 e. The summed E-state index contributed by atoms with van der Waals surface area (Å²) < 4.78 is 1.82. The molecule has 0 aliphatic carbocycles. The van der Waals surface area contributed by atoms with Crippen LogP contribution < -0.4 is 5.32 Å². The summed E-state index contributed by atoms with van der Waals surface area (Å²) in [5.41, 5.74) is 1.75. The number of hydrogen-bond acceptors (Lipinski definition) is 4. The predicted octanol–water partition coefficient (Wildman–Crippen LogP) is 2.23. The van der Waals surface area contributed by atoms with E-state index in [1.807, 2.05) is 23.9 Å². The van der Waals surface area contributed by atoms with E-state index in [0.29, 0.717) is 24.2 Å². The zero-order valence-electron chi connectivity index (χ0n) is 12.6. The highest BCUT2D eigenvalue weighted by Gasteiger charge is 2.14. The summed E-state index contributed by atoms with van der Waals surface area (Å²) in [5, 5.41) is 17.9. The third-order valence-electron chi connectivity index (χ3n) is 3.29. The molecule has 0 fully saturated rings. The molecule has 1 amide bonds. The molecule has 0 bridgehead atoms. The van der Waals surface area contributed by atoms with Crippen LogP contribution in [0.5, 0.6) is 0 Å². The molecule has 0 aliphatic rings. The van der Waals surface area contributed by atoms with Gasteiger partial charge in [-0.05, 0) is 32.4 Å². The molecule has 7 heteroatoms. The molecule has 0 saturated carbocycles. The van der Waals surface area contributed by atoms with Crippen LogP contribution in [0, 0.1) is 24.0 Å². The fourth-order valence-electron chi connectivity index (χ4n) is 2.08. The van der Waals surface area contributed by atoms with Gasteiger partial charge in [0.2, 0.25) is 0 Å². The number of aromatic nitrogens is 2. The average molecular weight is 302 g/mol. The van der Waals surface area contributed by atoms with Gasteiger partial charge in [0.15, 0.2) is 0 Å². The summed E-state index contributed by atoms with van der Waals surface area (Å²) in [6, 6.07) is 6.40. The molecule has 7 nitrogen and oxygen atoms in total. The average Bonchev–Trinajstić information content (AvgIpc) is 2.89. The second-order valence-corrected chi connectivity index (χ2v) is 5.09. The van der Waals surface area contributed by atoms with Crippen molar-refractivity contribution >= 4 is 11.6 Å². The Morgan fingerprint density at radius 3 is 2.77 bits per heavy atom. The summed E-state index contributed by atoms with van der Waals surface area (Å²) in [4.78, 5) is 22.4. The van der Waals surface area contributed by atoms with E-state index in [9.17, 15) is 14.9 Å². The van der Waals surface area contributed by atoms with Crippen LogP contribution in [0.3, 0.4) is 0 Å². The quantitative estimate of drug-likeness (QED) is 0.503. The predicted molar refractivity (Wildman–Crippen MR) is 81.7 cm³/mol. The van der Waals surface area contributed by atoms with Gasteiger partial charge < -0.3 is 5.32 Å². The van der Waals surface area contributed by atoms with Gasteiger partial charge in [0.1, 0.15) is 0 Å². The molecule has 1 aromatic carbocycles. The first-order valence-electron chi connectivity index (χ1n) is 7.00. The van der Waals surface area contributed by atoms with Gasteiger partial charge in [0, 0.05) is 36.5 Å². The van der Waals surface area contributed by atoms with Gasteiger partial charge in [-0.2, -0.15) is 5.10 Å². The van der Waals surface area contributed by atoms with Crippen LogP contribution in [-0.4, -0.2) is 27.2 Å². The molecule has 22 heavy (non-hydrogen) atoms. The van der Waals surface area contributed by atoms with Crippen molar-refractivity contribution in [1.82, 2.24) is 15.1 Å². The van der Waals surface area contributed by atoms with Crippen molar-refractivity contribution in [3.8, 4) is 0 Å². The molecule has 1 N–H and O–H groups in total. The van der Waals surface area contributed by atoms with E-state index in [4.69, 9.17) is 0 Å². The van der Waals surface area contributed by atoms with E-state index in [-0.39, 0.29) is 11.6 Å². The van der Waals surface area contributed by atoms with Crippen LogP contribution in [0.25, 0.3) is 0 Å². The largest absolute Gasteiger partial charge is 0.352 e. The maximum Gasteiger partial charge on any atom is 0.273 e. The molecule has 0 radical (unpaired) electrons. The number of nitrogens with zero attached hydrogens (tertiary/aromatic N) is 3. The first-order valence-corrected chi connectivity index (χ1v) is 7.00. The van der Waals surface area contributed by atoms with Gasteiger partial charge in [-0.15, -0.1) is 0 Å². The number of amides is 1. The summed E-state index contributed by atoms with van der Waals surface area (Å²) in [7, 11) is 0. The lowest BCUT2D eigenvalue weighted by atomic mass is 10.1. The standard InChI is InChI=1S/C15H18N4O3/c1-11-4-5-13(10-14(11)19(21)22)15(20)16-7-3-8-18-9-6-12(2)17-18/h4-6,9-10H,3,7-8H2,1-2H3,(H,16,20). The zero-order chi connectivity index (χ0) is 16.1. The number of benzene rings is 1. The van der Waals surface area contributed by atoms with E-state index < -0.39 is 4.92 Å². The summed E-state index contributed by atoms with van der Waals surface area (Å²) in [5.74, 6) is -0.306. The van der Waals surface area contributed by atoms with Crippen molar-refractivity contribution in [2.45, 2.75) is 26.8 Å². The highest BCUT2D eigenvalue weighted by atomic mass is 16.6. The van der Waals surface area contributed by atoms with Gasteiger partial charge in [0.05, 0.1) is 10.6 Å². The lowest BCUT2D eigenvalue weighted by Gasteiger charge is -2.06. The Kier molecular flexibility index (Phi) is 4.88. The summed E-state index contributed by atoms with van der Waals surface area (Å²) in [6.45, 7) is 4.76. The molecule has 0 aliphatic heterocycles. The molecule has 1 aromatic heterocycles. The van der Waals surface area contributed by atoms with Crippen LogP contribution in [0.2, 0.25) is 0 Å². The van der Waals surface area contributed by atoms with Crippen molar-refractivity contribution in [2.24, 2.45) is 0 Å². The Balaban J connectivity index is 1.87. The highest BCUT2D eigenvalue weighted by Crippen LogP contribution is 2.19. The monoisotopic (exact) mass is 302 g/mol. The van der Waals surface area contributed by atoms with Crippen LogP contribution >= 0.6 is 0 Å². The van der Waals surface area contributed by atoms with Crippen LogP contribution in [-0.2, 0) is 6.54 Å². The SMILES string of the molecule is Cc1ccn(CCCNC(=O)c2ccc(C)c([N+](=O)[O-])c2)n1. The molecule has 1 heterocycles. The second kappa shape index (κ2) is 6.84. The molecule has 0 unspecified atom stereocenters. The molecule has 0 atom stereocenters. The Morgan fingerprint density at radius 1 is 1.36 bits per heavy atom. The number of hydrogen-bond donors (Lipinski definition) is 1. The number of rotatable bonds is 6. The molecule has 116 valence electrons. The van der Waals surface area contributed by atoms with Crippen LogP contribution in [0.15, 0.2) is 30.5 Å². The maximum absolute atomic E-state index is 12.0.